The Labute approximate surface area is 103 Å². The Kier molecular flexibility index (Phi) is 3.32. The summed E-state index contributed by atoms with van der Waals surface area (Å²) in [5, 5.41) is 19.3. The van der Waals surface area contributed by atoms with Gasteiger partial charge in [-0.3, -0.25) is 0 Å². The summed E-state index contributed by atoms with van der Waals surface area (Å²) in [6.07, 6.45) is 2.61. The molecular formula is C8H12N4O5S. The highest BCUT2D eigenvalue weighted by molar-refractivity contribution is 7.89. The zero-order chi connectivity index (χ0) is 13.3. The van der Waals surface area contributed by atoms with Crippen LogP contribution in [0.5, 0.6) is 0 Å². The molecule has 1 fully saturated rings. The Balaban J connectivity index is 2.42. The average molecular weight is 276 g/mol. The van der Waals surface area contributed by atoms with E-state index in [4.69, 9.17) is 9.88 Å². The minimum absolute atomic E-state index is 0.201. The van der Waals surface area contributed by atoms with E-state index in [-0.39, 0.29) is 6.04 Å². The SMILES string of the molecule is NS(=O)(=O)c1cn(C2CCCOC2)nc1[N+](=O)[O-]. The molecule has 0 aliphatic carbocycles. The highest BCUT2D eigenvalue weighted by Gasteiger charge is 2.31. The molecule has 0 aromatic carbocycles. The van der Waals surface area contributed by atoms with Gasteiger partial charge in [0.25, 0.3) is 0 Å². The third-order valence-electron chi connectivity index (χ3n) is 2.67. The molecule has 0 saturated carbocycles. The first kappa shape index (κ1) is 12.9. The second-order valence-corrected chi connectivity index (χ2v) is 5.50. The van der Waals surface area contributed by atoms with Crippen LogP contribution in [0.4, 0.5) is 5.82 Å². The van der Waals surface area contributed by atoms with Crippen LogP contribution in [0.25, 0.3) is 0 Å². The van der Waals surface area contributed by atoms with Crippen molar-refractivity contribution in [1.82, 2.24) is 9.78 Å². The fourth-order valence-electron chi connectivity index (χ4n) is 1.81. The largest absolute Gasteiger partial charge is 0.410 e. The van der Waals surface area contributed by atoms with Crippen molar-refractivity contribution in [2.75, 3.05) is 13.2 Å². The molecule has 0 radical (unpaired) electrons. The van der Waals surface area contributed by atoms with Gasteiger partial charge in [-0.2, -0.15) is 4.68 Å². The smallest absolute Gasteiger partial charge is 0.379 e. The fraction of sp³-hybridized carbons (Fsp3) is 0.625. The summed E-state index contributed by atoms with van der Waals surface area (Å²) >= 11 is 0. The van der Waals surface area contributed by atoms with Gasteiger partial charge in [-0.15, -0.1) is 0 Å². The number of ether oxygens (including phenoxy) is 1. The molecule has 10 heteroatoms. The molecule has 0 bridgehead atoms. The molecule has 1 aromatic heterocycles. The summed E-state index contributed by atoms with van der Waals surface area (Å²) in [5.74, 6) is -0.747. The normalized spacial score (nSPS) is 20.8. The lowest BCUT2D eigenvalue weighted by Crippen LogP contribution is -2.21. The molecule has 9 nitrogen and oxygen atoms in total. The molecule has 1 aliphatic heterocycles. The number of aromatic nitrogens is 2. The third kappa shape index (κ3) is 2.49. The zero-order valence-electron chi connectivity index (χ0n) is 9.35. The van der Waals surface area contributed by atoms with Crippen LogP contribution in [-0.4, -0.2) is 36.3 Å². The van der Waals surface area contributed by atoms with E-state index >= 15 is 0 Å². The van der Waals surface area contributed by atoms with Gasteiger partial charge in [-0.1, -0.05) is 0 Å². The number of hydrogen-bond donors (Lipinski definition) is 1. The van der Waals surface area contributed by atoms with Gasteiger partial charge in [0.15, 0.2) is 0 Å². The fourth-order valence-corrected chi connectivity index (χ4v) is 2.44. The number of nitrogens with zero attached hydrogens (tertiary/aromatic N) is 3. The maximum Gasteiger partial charge on any atom is 0.410 e. The van der Waals surface area contributed by atoms with Gasteiger partial charge >= 0.3 is 5.82 Å². The Bertz CT molecular complexity index is 560. The predicted octanol–water partition coefficient (Wildman–Crippen LogP) is -0.210. The molecule has 2 rings (SSSR count). The van der Waals surface area contributed by atoms with Gasteiger partial charge in [-0.25, -0.2) is 13.6 Å². The van der Waals surface area contributed by atoms with E-state index < -0.39 is 25.7 Å². The van der Waals surface area contributed by atoms with E-state index in [1.807, 2.05) is 0 Å². The first-order chi connectivity index (χ1) is 8.39. The van der Waals surface area contributed by atoms with Crippen LogP contribution in [0.2, 0.25) is 0 Å². The second-order valence-electron chi connectivity index (χ2n) is 3.97. The first-order valence-electron chi connectivity index (χ1n) is 5.23. The Morgan fingerprint density at radius 1 is 1.61 bits per heavy atom. The molecule has 1 unspecified atom stereocenters. The van der Waals surface area contributed by atoms with Crippen molar-refractivity contribution in [3.63, 3.8) is 0 Å². The highest BCUT2D eigenvalue weighted by atomic mass is 32.2. The van der Waals surface area contributed by atoms with Crippen molar-refractivity contribution in [3.8, 4) is 0 Å². The van der Waals surface area contributed by atoms with Crippen molar-refractivity contribution >= 4 is 15.8 Å². The van der Waals surface area contributed by atoms with E-state index in [1.54, 1.807) is 0 Å². The van der Waals surface area contributed by atoms with Crippen molar-refractivity contribution in [2.45, 2.75) is 23.8 Å². The standard InChI is InChI=1S/C8H12N4O5S/c9-18(15,16)7-4-11(10-8(7)12(13)14)6-2-1-3-17-5-6/h4,6H,1-3,5H2,(H2,9,15,16). The number of nitrogens with two attached hydrogens (primary N) is 1. The molecule has 1 saturated heterocycles. The van der Waals surface area contributed by atoms with Crippen LogP contribution in [0.3, 0.4) is 0 Å². The van der Waals surface area contributed by atoms with E-state index in [2.05, 4.69) is 5.10 Å². The van der Waals surface area contributed by atoms with Gasteiger partial charge in [0, 0.05) is 6.61 Å². The van der Waals surface area contributed by atoms with Crippen molar-refractivity contribution in [3.05, 3.63) is 16.3 Å². The van der Waals surface area contributed by atoms with E-state index in [0.29, 0.717) is 13.2 Å². The van der Waals surface area contributed by atoms with Gasteiger partial charge in [0.1, 0.15) is 0 Å². The maximum atomic E-state index is 11.2. The molecule has 2 N–H and O–H groups in total. The van der Waals surface area contributed by atoms with Gasteiger partial charge in [0.2, 0.25) is 14.9 Å². The van der Waals surface area contributed by atoms with Gasteiger partial charge < -0.3 is 14.9 Å². The summed E-state index contributed by atoms with van der Waals surface area (Å²) in [6, 6.07) is -0.201. The molecular weight excluding hydrogens is 264 g/mol. The van der Waals surface area contributed by atoms with E-state index in [0.717, 1.165) is 19.0 Å². The van der Waals surface area contributed by atoms with Crippen LogP contribution < -0.4 is 5.14 Å². The lowest BCUT2D eigenvalue weighted by molar-refractivity contribution is -0.392. The molecule has 1 aliphatic rings. The Morgan fingerprint density at radius 3 is 2.78 bits per heavy atom. The topological polar surface area (TPSA) is 130 Å². The molecule has 1 atom stereocenters. The number of sulfonamides is 1. The molecule has 0 spiro atoms. The summed E-state index contributed by atoms with van der Waals surface area (Å²) < 4.78 is 29.0. The molecule has 1 aromatic rings. The van der Waals surface area contributed by atoms with Crippen LogP contribution in [0, 0.1) is 10.1 Å². The summed E-state index contributed by atoms with van der Waals surface area (Å²) in [4.78, 5) is 9.31. The number of rotatable bonds is 3. The Morgan fingerprint density at radius 2 is 2.33 bits per heavy atom. The minimum atomic E-state index is -4.16. The summed E-state index contributed by atoms with van der Waals surface area (Å²) in [7, 11) is -4.16. The van der Waals surface area contributed by atoms with Crippen LogP contribution in [0.1, 0.15) is 18.9 Å². The highest BCUT2D eigenvalue weighted by Crippen LogP contribution is 2.25. The van der Waals surface area contributed by atoms with Crippen molar-refractivity contribution in [2.24, 2.45) is 5.14 Å². The summed E-state index contributed by atoms with van der Waals surface area (Å²) in [5.41, 5.74) is 0. The third-order valence-corrected chi connectivity index (χ3v) is 3.57. The van der Waals surface area contributed by atoms with Crippen LogP contribution >= 0.6 is 0 Å². The maximum absolute atomic E-state index is 11.2. The molecule has 0 amide bonds. The Hall–Kier alpha value is -1.52. The van der Waals surface area contributed by atoms with Crippen molar-refractivity contribution < 1.29 is 18.1 Å². The van der Waals surface area contributed by atoms with Gasteiger partial charge in [0.05, 0.1) is 23.9 Å². The number of primary sulfonamides is 1. The lowest BCUT2D eigenvalue weighted by Gasteiger charge is -2.19. The van der Waals surface area contributed by atoms with E-state index in [9.17, 15) is 18.5 Å². The number of hydrogen-bond acceptors (Lipinski definition) is 6. The molecule has 100 valence electrons. The minimum Gasteiger partial charge on any atom is -0.379 e. The van der Waals surface area contributed by atoms with Crippen LogP contribution in [0.15, 0.2) is 11.1 Å². The van der Waals surface area contributed by atoms with Crippen molar-refractivity contribution in [1.29, 1.82) is 0 Å². The van der Waals surface area contributed by atoms with Crippen LogP contribution in [-0.2, 0) is 14.8 Å². The lowest BCUT2D eigenvalue weighted by atomic mass is 10.1. The number of nitro groups is 1. The first-order valence-corrected chi connectivity index (χ1v) is 6.78. The summed E-state index contributed by atoms with van der Waals surface area (Å²) in [6.45, 7) is 0.977. The monoisotopic (exact) mass is 276 g/mol. The van der Waals surface area contributed by atoms with Gasteiger partial charge in [-0.05, 0) is 17.8 Å². The average Bonchev–Trinajstić information content (AvgIpc) is 2.74. The predicted molar refractivity (Wildman–Crippen MR) is 59.3 cm³/mol. The zero-order valence-corrected chi connectivity index (χ0v) is 10.2. The molecule has 2 heterocycles. The quantitative estimate of drug-likeness (QED) is 0.600. The molecule has 18 heavy (non-hydrogen) atoms. The van der Waals surface area contributed by atoms with E-state index in [1.165, 1.54) is 4.68 Å². The second kappa shape index (κ2) is 4.63.